The van der Waals surface area contributed by atoms with Crippen LogP contribution in [0.4, 0.5) is 0 Å². The van der Waals surface area contributed by atoms with Gasteiger partial charge in [-0.1, -0.05) is 71.6 Å². The van der Waals surface area contributed by atoms with Crippen molar-refractivity contribution in [2.45, 2.75) is 90.9 Å². The number of unbranched alkanes of at least 4 members (excludes halogenated alkanes) is 9. The number of carbonyl (C=O) groups excluding carboxylic acids is 1. The summed E-state index contributed by atoms with van der Waals surface area (Å²) in [7, 11) is 0. The number of carbonyl (C=O) groups is 1. The van der Waals surface area contributed by atoms with E-state index in [4.69, 9.17) is 4.74 Å². The van der Waals surface area contributed by atoms with Crippen LogP contribution >= 0.6 is 0 Å². The van der Waals surface area contributed by atoms with Crippen LogP contribution in [0, 0.1) is 0 Å². The van der Waals surface area contributed by atoms with Crippen molar-refractivity contribution in [3.63, 3.8) is 0 Å². The lowest BCUT2D eigenvalue weighted by Crippen LogP contribution is -2.05. The molecule has 0 atom stereocenters. The van der Waals surface area contributed by atoms with E-state index in [9.17, 15) is 4.79 Å². The van der Waals surface area contributed by atoms with E-state index in [2.05, 4.69) is 13.8 Å². The van der Waals surface area contributed by atoms with E-state index in [0.29, 0.717) is 13.0 Å². The minimum Gasteiger partial charge on any atom is -0.466 e. The molecule has 19 heavy (non-hydrogen) atoms. The van der Waals surface area contributed by atoms with Gasteiger partial charge in [0.25, 0.3) is 0 Å². The molecule has 0 aromatic carbocycles. The van der Waals surface area contributed by atoms with Crippen LogP contribution in [0.3, 0.4) is 0 Å². The maximum atomic E-state index is 11.4. The van der Waals surface area contributed by atoms with Gasteiger partial charge in [0.2, 0.25) is 0 Å². The van der Waals surface area contributed by atoms with Crippen LogP contribution in [0.25, 0.3) is 0 Å². The molecule has 0 aliphatic rings. The van der Waals surface area contributed by atoms with E-state index in [-0.39, 0.29) is 12.1 Å². The monoisotopic (exact) mass is 274 g/mol. The molecule has 0 bridgehead atoms. The highest BCUT2D eigenvalue weighted by Gasteiger charge is 2.01. The summed E-state index contributed by atoms with van der Waals surface area (Å²) in [6.07, 6.45) is 14.0. The Kier molecular flexibility index (Phi) is 19.0. The first kappa shape index (κ1) is 20.7. The molecule has 3 heteroatoms. The molecule has 0 aromatic rings. The first-order valence-electron chi connectivity index (χ1n) is 7.96. The van der Waals surface area contributed by atoms with Gasteiger partial charge in [-0.2, -0.15) is 0 Å². The van der Waals surface area contributed by atoms with Gasteiger partial charge in [0.15, 0.2) is 0 Å². The maximum absolute atomic E-state index is 11.4. The average Bonchev–Trinajstić information content (AvgIpc) is 2.37. The Morgan fingerprint density at radius 1 is 0.737 bits per heavy atom. The molecule has 0 saturated heterocycles. The molecule has 0 heterocycles. The zero-order valence-corrected chi connectivity index (χ0v) is 13.5. The van der Waals surface area contributed by atoms with Gasteiger partial charge in [-0.25, -0.2) is 0 Å². The Morgan fingerprint density at radius 2 is 1.21 bits per heavy atom. The van der Waals surface area contributed by atoms with Gasteiger partial charge in [-0.15, -0.1) is 0 Å². The second-order valence-electron chi connectivity index (χ2n) is 5.15. The third-order valence-electron chi connectivity index (χ3n) is 3.25. The van der Waals surface area contributed by atoms with Crippen molar-refractivity contribution in [3.05, 3.63) is 0 Å². The number of rotatable bonds is 13. The second-order valence-corrected chi connectivity index (χ2v) is 5.15. The van der Waals surface area contributed by atoms with Crippen molar-refractivity contribution in [2.24, 2.45) is 0 Å². The summed E-state index contributed by atoms with van der Waals surface area (Å²) >= 11 is 0. The summed E-state index contributed by atoms with van der Waals surface area (Å²) < 4.78 is 5.22. The fraction of sp³-hybridized carbons (Fsp3) is 0.938. The van der Waals surface area contributed by atoms with Gasteiger partial charge in [0.1, 0.15) is 0 Å². The van der Waals surface area contributed by atoms with Gasteiger partial charge in [0, 0.05) is 6.42 Å². The van der Waals surface area contributed by atoms with E-state index >= 15 is 0 Å². The van der Waals surface area contributed by atoms with Crippen LogP contribution in [0.1, 0.15) is 90.9 Å². The van der Waals surface area contributed by atoms with Crippen LogP contribution < -0.4 is 6.15 Å². The zero-order chi connectivity index (χ0) is 13.5. The SMILES string of the molecule is CCCCCCCCOC(=O)CCCCCCC.[NH4+]. The van der Waals surface area contributed by atoms with Gasteiger partial charge in [-0.05, 0) is 12.8 Å². The molecular weight excluding hydrogens is 238 g/mol. The van der Waals surface area contributed by atoms with Crippen molar-refractivity contribution >= 4 is 5.97 Å². The molecule has 0 saturated carbocycles. The summed E-state index contributed by atoms with van der Waals surface area (Å²) in [4.78, 5) is 11.4. The van der Waals surface area contributed by atoms with Crippen molar-refractivity contribution < 1.29 is 9.53 Å². The van der Waals surface area contributed by atoms with Crippen LogP contribution in [-0.4, -0.2) is 12.6 Å². The molecule has 0 rings (SSSR count). The summed E-state index contributed by atoms with van der Waals surface area (Å²) in [6, 6.07) is 0. The lowest BCUT2D eigenvalue weighted by atomic mass is 10.1. The van der Waals surface area contributed by atoms with E-state index in [1.165, 1.54) is 57.8 Å². The first-order valence-corrected chi connectivity index (χ1v) is 7.96. The molecule has 0 amide bonds. The highest BCUT2D eigenvalue weighted by atomic mass is 16.5. The van der Waals surface area contributed by atoms with Gasteiger partial charge >= 0.3 is 5.97 Å². The summed E-state index contributed by atoms with van der Waals surface area (Å²) in [5.41, 5.74) is 0. The van der Waals surface area contributed by atoms with E-state index in [1.807, 2.05) is 0 Å². The van der Waals surface area contributed by atoms with Crippen molar-refractivity contribution in [3.8, 4) is 0 Å². The molecule has 3 nitrogen and oxygen atoms in total. The molecule has 0 aliphatic heterocycles. The van der Waals surface area contributed by atoms with Gasteiger partial charge in [-0.3, -0.25) is 4.79 Å². The summed E-state index contributed by atoms with van der Waals surface area (Å²) in [5.74, 6) is 0.0000525. The quantitative estimate of drug-likeness (QED) is 0.349. The Balaban J connectivity index is 0. The third-order valence-corrected chi connectivity index (χ3v) is 3.25. The molecule has 0 radical (unpaired) electrons. The standard InChI is InChI=1S/C16H32O2.H3N/c1-3-5-7-9-11-13-15-18-16(17)14-12-10-8-6-4-2;/h3-15H2,1-2H3;1H3/p+1. The highest BCUT2D eigenvalue weighted by molar-refractivity contribution is 5.69. The lowest BCUT2D eigenvalue weighted by Gasteiger charge is -2.04. The summed E-state index contributed by atoms with van der Waals surface area (Å²) in [5, 5.41) is 0. The largest absolute Gasteiger partial charge is 0.466 e. The molecule has 116 valence electrons. The molecular formula is C16H36NO2+. The van der Waals surface area contributed by atoms with Crippen molar-refractivity contribution in [1.82, 2.24) is 6.15 Å². The zero-order valence-electron chi connectivity index (χ0n) is 13.5. The third kappa shape index (κ3) is 17.4. The Morgan fingerprint density at radius 3 is 1.79 bits per heavy atom. The smallest absolute Gasteiger partial charge is 0.305 e. The number of quaternary nitrogens is 1. The maximum Gasteiger partial charge on any atom is 0.305 e. The molecule has 0 fully saturated rings. The predicted octanol–water partition coefficient (Wildman–Crippen LogP) is 5.63. The molecule has 4 N–H and O–H groups in total. The topological polar surface area (TPSA) is 62.8 Å². The van der Waals surface area contributed by atoms with E-state index in [0.717, 1.165) is 12.8 Å². The number of esters is 1. The van der Waals surface area contributed by atoms with Crippen LogP contribution in [-0.2, 0) is 9.53 Å². The molecule has 0 spiro atoms. The number of hydrogen-bond acceptors (Lipinski definition) is 2. The predicted molar refractivity (Wildman–Crippen MR) is 83.7 cm³/mol. The number of hydrogen-bond donors (Lipinski definition) is 1. The number of ether oxygens (including phenoxy) is 1. The Bertz CT molecular complexity index is 184. The molecule has 0 aromatic heterocycles. The molecule has 0 unspecified atom stereocenters. The van der Waals surface area contributed by atoms with Gasteiger partial charge < -0.3 is 10.9 Å². The van der Waals surface area contributed by atoms with Crippen LogP contribution in [0.2, 0.25) is 0 Å². The first-order chi connectivity index (χ1) is 8.81. The minimum atomic E-state index is 0. The fourth-order valence-corrected chi connectivity index (χ4v) is 2.01. The Hall–Kier alpha value is -0.570. The fourth-order valence-electron chi connectivity index (χ4n) is 2.01. The minimum absolute atomic E-state index is 0. The summed E-state index contributed by atoms with van der Waals surface area (Å²) in [6.45, 7) is 5.05. The lowest BCUT2D eigenvalue weighted by molar-refractivity contribution is -0.143. The van der Waals surface area contributed by atoms with E-state index < -0.39 is 0 Å². The molecule has 0 aliphatic carbocycles. The van der Waals surface area contributed by atoms with Crippen molar-refractivity contribution in [2.75, 3.05) is 6.61 Å². The second kappa shape index (κ2) is 17.4. The van der Waals surface area contributed by atoms with Gasteiger partial charge in [0.05, 0.1) is 6.61 Å². The highest BCUT2D eigenvalue weighted by Crippen LogP contribution is 2.07. The average molecular weight is 274 g/mol. The van der Waals surface area contributed by atoms with Crippen LogP contribution in [0.5, 0.6) is 0 Å². The van der Waals surface area contributed by atoms with Crippen LogP contribution in [0.15, 0.2) is 0 Å². The van der Waals surface area contributed by atoms with E-state index in [1.54, 1.807) is 0 Å². The normalized spacial score (nSPS) is 10.0. The van der Waals surface area contributed by atoms with Crippen molar-refractivity contribution in [1.29, 1.82) is 0 Å². The Labute approximate surface area is 120 Å².